The lowest BCUT2D eigenvalue weighted by atomic mass is 10.3. The first-order valence-electron chi connectivity index (χ1n) is 13.2. The number of unbranched alkanes of at least 4 members (excludes halogenated alkanes) is 3. The molecule has 0 bridgehead atoms. The summed E-state index contributed by atoms with van der Waals surface area (Å²) in [7, 11) is -1.12. The molecule has 2 nitrogen and oxygen atoms in total. The van der Waals surface area contributed by atoms with Crippen LogP contribution in [0.25, 0.3) is 0 Å². The van der Waals surface area contributed by atoms with Crippen LogP contribution < -0.4 is 25.9 Å². The Kier molecular flexibility index (Phi) is 15.1. The van der Waals surface area contributed by atoms with Gasteiger partial charge in [0.2, 0.25) is 0 Å². The molecule has 2 rings (SSSR count). The summed E-state index contributed by atoms with van der Waals surface area (Å²) >= 11 is -0.108. The molecule has 0 aliphatic heterocycles. The van der Waals surface area contributed by atoms with Gasteiger partial charge in [-0.25, -0.2) is 0 Å². The predicted molar refractivity (Wildman–Crippen MR) is 141 cm³/mol. The van der Waals surface area contributed by atoms with E-state index in [9.17, 15) is 0 Å². The highest BCUT2D eigenvalue weighted by Crippen LogP contribution is 2.33. The van der Waals surface area contributed by atoms with Crippen LogP contribution in [0, 0.1) is 7.14 Å². The van der Waals surface area contributed by atoms with Gasteiger partial charge in [0, 0.05) is 6.61 Å². The standard InChI is InChI=1S/C29H46IO2Si/c1-4-7-23-33(24-8-5-2,25-9-6-3)26-13-20-31-21-22-32-29-18-16-28(17-19-29)30-27-14-11-10-12-15-27/h10-12,14-19H,4-9,13,20-26H2,1-3H3/q+1. The molecule has 2 aromatic carbocycles. The molecule has 33 heavy (non-hydrogen) atoms. The summed E-state index contributed by atoms with van der Waals surface area (Å²) < 4.78 is 14.8. The molecule has 0 fully saturated rings. The number of rotatable bonds is 19. The van der Waals surface area contributed by atoms with Crippen molar-refractivity contribution in [3.8, 4) is 5.75 Å². The van der Waals surface area contributed by atoms with Crippen molar-refractivity contribution in [2.24, 2.45) is 0 Å². The summed E-state index contributed by atoms with van der Waals surface area (Å²) in [5.41, 5.74) is 0. The Morgan fingerprint density at radius 3 is 1.73 bits per heavy atom. The Balaban J connectivity index is 1.66. The largest absolute Gasteiger partial charge is 0.491 e. The Bertz CT molecular complexity index is 698. The summed E-state index contributed by atoms with van der Waals surface area (Å²) in [5.74, 6) is 0.949. The van der Waals surface area contributed by atoms with E-state index in [1.165, 1.54) is 76.3 Å². The molecule has 0 aliphatic carbocycles. The Morgan fingerprint density at radius 1 is 0.606 bits per heavy atom. The third kappa shape index (κ3) is 11.9. The zero-order valence-electron chi connectivity index (χ0n) is 21.3. The topological polar surface area (TPSA) is 18.5 Å². The monoisotopic (exact) mass is 581 g/mol. The molecular formula is C29H46IO2Si+. The van der Waals surface area contributed by atoms with Gasteiger partial charge in [-0.2, -0.15) is 0 Å². The maximum atomic E-state index is 5.97. The SMILES string of the molecule is CCCC[Si](CCCC)(CCCC)CCCOCCOc1ccc([I+]c2ccccc2)cc1. The van der Waals surface area contributed by atoms with E-state index in [2.05, 4.69) is 75.4 Å². The first-order valence-corrected chi connectivity index (χ1v) is 18.2. The van der Waals surface area contributed by atoms with Crippen molar-refractivity contribution in [1.82, 2.24) is 0 Å². The third-order valence-electron chi connectivity index (χ3n) is 6.44. The highest BCUT2D eigenvalue weighted by molar-refractivity contribution is 6.79. The number of ether oxygens (including phenoxy) is 2. The predicted octanol–water partition coefficient (Wildman–Crippen LogP) is 5.45. The summed E-state index contributed by atoms with van der Waals surface area (Å²) in [4.78, 5) is 0. The van der Waals surface area contributed by atoms with Crippen LogP contribution in [0.2, 0.25) is 24.2 Å². The van der Waals surface area contributed by atoms with E-state index < -0.39 is 8.07 Å². The minimum absolute atomic E-state index is 0.108. The van der Waals surface area contributed by atoms with E-state index in [4.69, 9.17) is 9.47 Å². The van der Waals surface area contributed by atoms with Gasteiger partial charge in [0.25, 0.3) is 0 Å². The minimum Gasteiger partial charge on any atom is -0.491 e. The average Bonchev–Trinajstić information content (AvgIpc) is 2.85. The third-order valence-corrected chi connectivity index (χ3v) is 14.8. The van der Waals surface area contributed by atoms with Gasteiger partial charge in [-0.1, -0.05) is 102 Å². The molecule has 0 amide bonds. The molecule has 0 radical (unpaired) electrons. The highest BCUT2D eigenvalue weighted by atomic mass is 127. The number of hydrogen-bond donors (Lipinski definition) is 0. The molecule has 2 aromatic rings. The fourth-order valence-corrected chi connectivity index (χ4v) is 12.4. The molecule has 0 heterocycles. The van der Waals surface area contributed by atoms with Gasteiger partial charge >= 0.3 is 21.2 Å². The maximum absolute atomic E-state index is 5.97. The fraction of sp³-hybridized carbons (Fsp3) is 0.586. The minimum atomic E-state index is -1.12. The molecule has 0 saturated heterocycles. The van der Waals surface area contributed by atoms with Crippen LogP contribution in [0.1, 0.15) is 65.7 Å². The van der Waals surface area contributed by atoms with Crippen molar-refractivity contribution < 1.29 is 30.7 Å². The van der Waals surface area contributed by atoms with Crippen molar-refractivity contribution in [3.63, 3.8) is 0 Å². The van der Waals surface area contributed by atoms with Gasteiger partial charge in [-0.05, 0) is 42.8 Å². The zero-order valence-corrected chi connectivity index (χ0v) is 24.4. The summed E-state index contributed by atoms with van der Waals surface area (Å²) in [5, 5.41) is 0. The Hall–Kier alpha value is -0.853. The van der Waals surface area contributed by atoms with Crippen LogP contribution in [-0.2, 0) is 4.74 Å². The highest BCUT2D eigenvalue weighted by Gasteiger charge is 2.30. The van der Waals surface area contributed by atoms with E-state index in [0.717, 1.165) is 12.4 Å². The Morgan fingerprint density at radius 2 is 1.15 bits per heavy atom. The van der Waals surface area contributed by atoms with Gasteiger partial charge in [0.05, 0.1) is 14.7 Å². The molecule has 0 saturated carbocycles. The van der Waals surface area contributed by atoms with E-state index in [-0.39, 0.29) is 21.2 Å². The van der Waals surface area contributed by atoms with Gasteiger partial charge in [-0.3, -0.25) is 0 Å². The van der Waals surface area contributed by atoms with Gasteiger partial charge in [-0.15, -0.1) is 0 Å². The average molecular weight is 582 g/mol. The molecule has 0 atom stereocenters. The molecule has 0 spiro atoms. The lowest BCUT2D eigenvalue weighted by Gasteiger charge is -2.32. The van der Waals surface area contributed by atoms with Crippen molar-refractivity contribution in [1.29, 1.82) is 0 Å². The van der Waals surface area contributed by atoms with Crippen LogP contribution in [0.3, 0.4) is 0 Å². The molecule has 0 aliphatic rings. The molecule has 0 aromatic heterocycles. The number of benzene rings is 2. The quantitative estimate of drug-likeness (QED) is 0.125. The number of hydrogen-bond acceptors (Lipinski definition) is 2. The van der Waals surface area contributed by atoms with E-state index in [1.807, 2.05) is 0 Å². The van der Waals surface area contributed by atoms with E-state index in [0.29, 0.717) is 13.2 Å². The van der Waals surface area contributed by atoms with Crippen molar-refractivity contribution >= 4 is 8.07 Å². The zero-order chi connectivity index (χ0) is 23.6. The van der Waals surface area contributed by atoms with Gasteiger partial charge < -0.3 is 9.47 Å². The van der Waals surface area contributed by atoms with Crippen LogP contribution >= 0.6 is 0 Å². The van der Waals surface area contributed by atoms with Crippen LogP contribution in [0.4, 0.5) is 0 Å². The molecular weight excluding hydrogens is 535 g/mol. The smallest absolute Gasteiger partial charge is 0.357 e. The first kappa shape index (κ1) is 28.4. The van der Waals surface area contributed by atoms with Crippen LogP contribution in [-0.4, -0.2) is 27.9 Å². The first-order chi connectivity index (χ1) is 16.2. The van der Waals surface area contributed by atoms with Crippen molar-refractivity contribution in [3.05, 3.63) is 61.7 Å². The maximum Gasteiger partial charge on any atom is 0.357 e. The summed E-state index contributed by atoms with van der Waals surface area (Å²) in [6.45, 7) is 9.26. The molecule has 0 N–H and O–H groups in total. The normalized spacial score (nSPS) is 11.6. The molecule has 184 valence electrons. The van der Waals surface area contributed by atoms with Crippen LogP contribution in [0.5, 0.6) is 5.75 Å². The Labute approximate surface area is 215 Å². The van der Waals surface area contributed by atoms with Gasteiger partial charge in [0.1, 0.15) is 12.4 Å². The van der Waals surface area contributed by atoms with E-state index >= 15 is 0 Å². The van der Waals surface area contributed by atoms with Crippen LogP contribution in [0.15, 0.2) is 54.6 Å². The fourth-order valence-electron chi connectivity index (χ4n) is 4.47. The lowest BCUT2D eigenvalue weighted by molar-refractivity contribution is -0.597. The second-order valence-electron chi connectivity index (χ2n) is 9.22. The molecule has 4 heteroatoms. The molecule has 0 unspecified atom stereocenters. The van der Waals surface area contributed by atoms with E-state index in [1.54, 1.807) is 0 Å². The second kappa shape index (κ2) is 17.6. The van der Waals surface area contributed by atoms with Crippen molar-refractivity contribution in [2.75, 3.05) is 19.8 Å². The van der Waals surface area contributed by atoms with Crippen molar-refractivity contribution in [2.45, 2.75) is 89.9 Å². The number of halogens is 1. The summed E-state index contributed by atoms with van der Waals surface area (Å²) in [6.07, 6.45) is 9.56. The lowest BCUT2D eigenvalue weighted by Crippen LogP contribution is -3.61. The second-order valence-corrected chi connectivity index (χ2v) is 17.2. The summed E-state index contributed by atoms with van der Waals surface area (Å²) in [6, 6.07) is 25.5. The van der Waals surface area contributed by atoms with Gasteiger partial charge in [0.15, 0.2) is 7.14 Å².